The average molecular weight is 506 g/mol. The molecule has 2 unspecified atom stereocenters. The Kier molecular flexibility index (Phi) is 7.79. The number of carbonyl (C=O) groups excluding carboxylic acids is 2. The summed E-state index contributed by atoms with van der Waals surface area (Å²) in [6, 6.07) is 12.7. The number of hydrogen-bond acceptors (Lipinski definition) is 5. The Morgan fingerprint density at radius 2 is 1.84 bits per heavy atom. The molecule has 2 atom stereocenters. The Labute approximate surface area is 220 Å². The summed E-state index contributed by atoms with van der Waals surface area (Å²) in [4.78, 5) is 28.3. The van der Waals surface area contributed by atoms with Crippen LogP contribution in [-0.4, -0.2) is 47.6 Å². The summed E-state index contributed by atoms with van der Waals surface area (Å²) in [7, 11) is 0. The summed E-state index contributed by atoms with van der Waals surface area (Å²) in [5, 5.41) is 11.6. The van der Waals surface area contributed by atoms with Crippen LogP contribution in [0.5, 0.6) is 5.75 Å². The fraction of sp³-hybridized carbons (Fsp3) is 0.484. The van der Waals surface area contributed by atoms with Crippen molar-refractivity contribution in [3.8, 4) is 5.75 Å². The fourth-order valence-corrected chi connectivity index (χ4v) is 5.19. The summed E-state index contributed by atoms with van der Waals surface area (Å²) in [5.74, 6) is -0.338. The highest BCUT2D eigenvalue weighted by molar-refractivity contribution is 6.46. The SMILES string of the molecule is CCOc1ccc(/C(O)=C2/C(=O)C(=O)N(CC3CCCO3)C2c2ccc(C(C)C)cc2)cc1C(C)(C)C. The number of amides is 1. The van der Waals surface area contributed by atoms with E-state index in [1.807, 2.05) is 43.3 Å². The van der Waals surface area contributed by atoms with E-state index in [2.05, 4.69) is 34.6 Å². The van der Waals surface area contributed by atoms with Gasteiger partial charge >= 0.3 is 0 Å². The number of benzene rings is 2. The molecular weight excluding hydrogens is 466 g/mol. The van der Waals surface area contributed by atoms with Crippen molar-refractivity contribution in [3.63, 3.8) is 0 Å². The number of aliphatic hydroxyl groups excluding tert-OH is 1. The quantitative estimate of drug-likeness (QED) is 0.279. The third kappa shape index (κ3) is 5.45. The van der Waals surface area contributed by atoms with Crippen molar-refractivity contribution in [1.29, 1.82) is 0 Å². The van der Waals surface area contributed by atoms with Gasteiger partial charge in [0, 0.05) is 24.3 Å². The van der Waals surface area contributed by atoms with Gasteiger partial charge in [-0.1, -0.05) is 58.9 Å². The van der Waals surface area contributed by atoms with Gasteiger partial charge in [-0.2, -0.15) is 0 Å². The van der Waals surface area contributed by atoms with Gasteiger partial charge in [0.1, 0.15) is 11.5 Å². The largest absolute Gasteiger partial charge is 0.507 e. The predicted octanol–water partition coefficient (Wildman–Crippen LogP) is 6.11. The highest BCUT2D eigenvalue weighted by Gasteiger charge is 2.47. The number of hydrogen-bond donors (Lipinski definition) is 1. The molecule has 0 aromatic heterocycles. The molecule has 2 aliphatic rings. The van der Waals surface area contributed by atoms with E-state index < -0.39 is 17.7 Å². The van der Waals surface area contributed by atoms with E-state index in [-0.39, 0.29) is 22.9 Å². The number of Topliss-reactive ketones (excluding diaryl/α,β-unsaturated/α-hetero) is 1. The Morgan fingerprint density at radius 1 is 1.14 bits per heavy atom. The molecular formula is C31H39NO5. The van der Waals surface area contributed by atoms with Gasteiger partial charge in [0.15, 0.2) is 0 Å². The molecule has 2 fully saturated rings. The van der Waals surface area contributed by atoms with Gasteiger partial charge in [-0.3, -0.25) is 9.59 Å². The van der Waals surface area contributed by atoms with Crippen molar-refractivity contribution in [2.75, 3.05) is 19.8 Å². The minimum Gasteiger partial charge on any atom is -0.507 e. The molecule has 0 radical (unpaired) electrons. The number of ketones is 1. The molecule has 1 N–H and O–H groups in total. The first-order valence-corrected chi connectivity index (χ1v) is 13.3. The van der Waals surface area contributed by atoms with Crippen LogP contribution in [0, 0.1) is 0 Å². The van der Waals surface area contributed by atoms with E-state index in [4.69, 9.17) is 9.47 Å². The number of aliphatic hydroxyl groups is 1. The average Bonchev–Trinajstić information content (AvgIpc) is 3.46. The summed E-state index contributed by atoms with van der Waals surface area (Å²) < 4.78 is 11.6. The zero-order chi connectivity index (χ0) is 26.9. The zero-order valence-corrected chi connectivity index (χ0v) is 22.8. The highest BCUT2D eigenvalue weighted by atomic mass is 16.5. The first-order valence-electron chi connectivity index (χ1n) is 13.3. The van der Waals surface area contributed by atoms with Crippen LogP contribution in [0.4, 0.5) is 0 Å². The molecule has 6 heteroatoms. The first-order chi connectivity index (χ1) is 17.5. The van der Waals surface area contributed by atoms with Crippen LogP contribution < -0.4 is 4.74 Å². The van der Waals surface area contributed by atoms with Crippen molar-refractivity contribution in [3.05, 3.63) is 70.3 Å². The summed E-state index contributed by atoms with van der Waals surface area (Å²) in [5.41, 5.74) is 3.24. The number of nitrogens with zero attached hydrogens (tertiary/aromatic N) is 1. The van der Waals surface area contributed by atoms with Crippen molar-refractivity contribution in [1.82, 2.24) is 4.90 Å². The fourth-order valence-electron chi connectivity index (χ4n) is 5.19. The maximum absolute atomic E-state index is 13.4. The molecule has 6 nitrogen and oxygen atoms in total. The van der Waals surface area contributed by atoms with Crippen molar-refractivity contribution in [2.45, 2.75) is 77.9 Å². The minimum absolute atomic E-state index is 0.115. The molecule has 0 bridgehead atoms. The normalized spacial score (nSPS) is 21.8. The lowest BCUT2D eigenvalue weighted by Gasteiger charge is -2.28. The van der Waals surface area contributed by atoms with Crippen LogP contribution in [0.2, 0.25) is 0 Å². The van der Waals surface area contributed by atoms with E-state index in [9.17, 15) is 14.7 Å². The second-order valence-electron chi connectivity index (χ2n) is 11.3. The number of ether oxygens (including phenoxy) is 2. The van der Waals surface area contributed by atoms with Crippen molar-refractivity contribution >= 4 is 17.4 Å². The van der Waals surface area contributed by atoms with Crippen LogP contribution in [0.15, 0.2) is 48.0 Å². The third-order valence-electron chi connectivity index (χ3n) is 7.24. The molecule has 2 aromatic carbocycles. The summed E-state index contributed by atoms with van der Waals surface area (Å²) >= 11 is 0. The van der Waals surface area contributed by atoms with Crippen LogP contribution >= 0.6 is 0 Å². The molecule has 198 valence electrons. The van der Waals surface area contributed by atoms with Crippen LogP contribution in [-0.2, 0) is 19.7 Å². The summed E-state index contributed by atoms with van der Waals surface area (Å²) in [6.07, 6.45) is 1.66. The number of carbonyl (C=O) groups is 2. The van der Waals surface area contributed by atoms with Crippen molar-refractivity contribution < 1.29 is 24.2 Å². The van der Waals surface area contributed by atoms with Crippen LogP contribution in [0.25, 0.3) is 5.76 Å². The van der Waals surface area contributed by atoms with Gasteiger partial charge in [0.05, 0.1) is 24.3 Å². The molecule has 2 aromatic rings. The Hall–Kier alpha value is -3.12. The van der Waals surface area contributed by atoms with E-state index >= 15 is 0 Å². The molecule has 0 aliphatic carbocycles. The van der Waals surface area contributed by atoms with Gasteiger partial charge in [0.2, 0.25) is 0 Å². The first kappa shape index (κ1) is 26.9. The predicted molar refractivity (Wildman–Crippen MR) is 145 cm³/mol. The molecule has 0 saturated carbocycles. The highest BCUT2D eigenvalue weighted by Crippen LogP contribution is 2.42. The van der Waals surface area contributed by atoms with Crippen LogP contribution in [0.3, 0.4) is 0 Å². The second kappa shape index (κ2) is 10.7. The maximum atomic E-state index is 13.4. The molecule has 1 amide bonds. The van der Waals surface area contributed by atoms with Crippen LogP contribution in [0.1, 0.15) is 88.6 Å². The van der Waals surface area contributed by atoms with Gasteiger partial charge < -0.3 is 19.5 Å². The monoisotopic (exact) mass is 505 g/mol. The lowest BCUT2D eigenvalue weighted by atomic mass is 9.84. The standard InChI is InChI=1S/C31H39NO5/c1-7-36-25-15-14-22(17-24(25)31(4,5)6)28(33)26-27(21-12-10-20(11-13-21)19(2)3)32(30(35)29(26)34)18-23-9-8-16-37-23/h10-15,17,19,23,27,33H,7-9,16,18H2,1-6H3/b28-26-. The third-order valence-corrected chi connectivity index (χ3v) is 7.24. The second-order valence-corrected chi connectivity index (χ2v) is 11.3. The molecule has 2 saturated heterocycles. The lowest BCUT2D eigenvalue weighted by Crippen LogP contribution is -2.36. The van der Waals surface area contributed by atoms with Gasteiger partial charge in [-0.25, -0.2) is 0 Å². The van der Waals surface area contributed by atoms with Crippen molar-refractivity contribution in [2.24, 2.45) is 0 Å². The van der Waals surface area contributed by atoms with E-state index in [0.717, 1.165) is 29.7 Å². The smallest absolute Gasteiger partial charge is 0.295 e. The minimum atomic E-state index is -0.685. The van der Waals surface area contributed by atoms with E-state index in [1.54, 1.807) is 11.0 Å². The Bertz CT molecular complexity index is 1180. The Balaban J connectivity index is 1.85. The zero-order valence-electron chi connectivity index (χ0n) is 22.8. The maximum Gasteiger partial charge on any atom is 0.295 e. The molecule has 2 heterocycles. The summed E-state index contributed by atoms with van der Waals surface area (Å²) in [6.45, 7) is 13.9. The molecule has 4 rings (SSSR count). The topological polar surface area (TPSA) is 76.1 Å². The van der Waals surface area contributed by atoms with Gasteiger partial charge in [-0.15, -0.1) is 0 Å². The van der Waals surface area contributed by atoms with E-state index in [0.29, 0.717) is 31.2 Å². The number of rotatable bonds is 7. The molecule has 0 spiro atoms. The Morgan fingerprint density at radius 3 is 2.41 bits per heavy atom. The molecule has 2 aliphatic heterocycles. The molecule has 37 heavy (non-hydrogen) atoms. The van der Waals surface area contributed by atoms with E-state index in [1.165, 1.54) is 5.56 Å². The van der Waals surface area contributed by atoms with Gasteiger partial charge in [-0.05, 0) is 60.4 Å². The number of likely N-dealkylation sites (tertiary alicyclic amines) is 1. The van der Waals surface area contributed by atoms with Gasteiger partial charge in [0.25, 0.3) is 11.7 Å². The lowest BCUT2D eigenvalue weighted by molar-refractivity contribution is -0.140.